The lowest BCUT2D eigenvalue weighted by Gasteiger charge is -2.30. The molecular formula is C33H29NO3. The number of carbonyl (C=O) groups is 2. The fourth-order valence-electron chi connectivity index (χ4n) is 6.20. The van der Waals surface area contributed by atoms with E-state index in [4.69, 9.17) is 4.74 Å². The van der Waals surface area contributed by atoms with Crippen LogP contribution in [0.5, 0.6) is 5.75 Å². The summed E-state index contributed by atoms with van der Waals surface area (Å²) in [5, 5.41) is 0. The Morgan fingerprint density at radius 2 is 1.19 bits per heavy atom. The van der Waals surface area contributed by atoms with Gasteiger partial charge in [-0.1, -0.05) is 62.4 Å². The van der Waals surface area contributed by atoms with Crippen molar-refractivity contribution in [2.75, 3.05) is 12.0 Å². The van der Waals surface area contributed by atoms with Crippen LogP contribution in [-0.2, 0) is 25.7 Å². The predicted octanol–water partition coefficient (Wildman–Crippen LogP) is 7.05. The van der Waals surface area contributed by atoms with Gasteiger partial charge >= 0.3 is 0 Å². The van der Waals surface area contributed by atoms with Gasteiger partial charge in [-0.05, 0) is 94.5 Å². The molecule has 4 heteroatoms. The first-order valence-electron chi connectivity index (χ1n) is 13.1. The van der Waals surface area contributed by atoms with E-state index in [-0.39, 0.29) is 11.8 Å². The number of methoxy groups -OCH3 is 1. The molecule has 0 aromatic heterocycles. The van der Waals surface area contributed by atoms with Crippen molar-refractivity contribution in [3.8, 4) is 28.0 Å². The molecule has 0 N–H and O–H groups in total. The first kappa shape index (κ1) is 23.2. The highest BCUT2D eigenvalue weighted by atomic mass is 16.5. The van der Waals surface area contributed by atoms with Crippen LogP contribution < -0.4 is 9.64 Å². The number of rotatable bonds is 2. The summed E-state index contributed by atoms with van der Waals surface area (Å²) >= 11 is 0. The Morgan fingerprint density at radius 3 is 1.84 bits per heavy atom. The summed E-state index contributed by atoms with van der Waals surface area (Å²) in [6.07, 6.45) is 3.12. The van der Waals surface area contributed by atoms with Crippen LogP contribution in [0, 0.1) is 0 Å². The molecule has 4 aromatic carbocycles. The average Bonchev–Trinajstić information content (AvgIpc) is 3.23. The molecule has 1 heterocycles. The number of anilines is 1. The van der Waals surface area contributed by atoms with Crippen molar-refractivity contribution in [3.63, 3.8) is 0 Å². The number of fused-ring (bicyclic) bond motifs is 10. The Labute approximate surface area is 217 Å². The third-order valence-corrected chi connectivity index (χ3v) is 7.71. The van der Waals surface area contributed by atoms with Gasteiger partial charge in [0.25, 0.3) is 11.8 Å². The number of ether oxygens (including phenoxy) is 1. The monoisotopic (exact) mass is 487 g/mol. The highest BCUT2D eigenvalue weighted by Gasteiger charge is 2.44. The zero-order chi connectivity index (χ0) is 25.7. The second kappa shape index (κ2) is 9.04. The van der Waals surface area contributed by atoms with E-state index in [0.717, 1.165) is 59.3 Å². The first-order chi connectivity index (χ1) is 18.2. The lowest BCUT2D eigenvalue weighted by molar-refractivity contribution is 0.0925. The number of para-hydroxylation sites is 1. The van der Waals surface area contributed by atoms with Crippen LogP contribution in [0.2, 0.25) is 0 Å². The van der Waals surface area contributed by atoms with E-state index in [0.29, 0.717) is 16.8 Å². The van der Waals surface area contributed by atoms with Gasteiger partial charge in [-0.2, -0.15) is 0 Å². The van der Waals surface area contributed by atoms with Gasteiger partial charge in [0.15, 0.2) is 0 Å². The zero-order valence-electron chi connectivity index (χ0n) is 21.4. The number of nitrogens with zero attached hydrogens (tertiary/aromatic N) is 1. The fraction of sp³-hybridized carbons (Fsp3) is 0.212. The van der Waals surface area contributed by atoms with Gasteiger partial charge in [0.2, 0.25) is 0 Å². The number of aryl methyl sites for hydroxylation is 2. The Hall–Kier alpha value is -4.18. The zero-order valence-corrected chi connectivity index (χ0v) is 21.4. The molecule has 4 nitrogen and oxygen atoms in total. The van der Waals surface area contributed by atoms with E-state index < -0.39 is 0 Å². The van der Waals surface area contributed by atoms with Crippen LogP contribution in [0.1, 0.15) is 56.8 Å². The topological polar surface area (TPSA) is 46.6 Å². The standard InChI is InChI=1S/C31H23NO3.C2H6/c1-35-21-13-16-23-19(17-21)12-15-25-27(23)26-22-10-6-5-7-18(22)11-14-24(26)28-29(25)31(34)32(30(28)33)20-8-3-2-4-9-20;1-2/h2-10,13,16-17H,11-12,14-15H2,1H3;1-2H3. The average molecular weight is 488 g/mol. The summed E-state index contributed by atoms with van der Waals surface area (Å²) in [5.41, 5.74) is 10.9. The van der Waals surface area contributed by atoms with Crippen molar-refractivity contribution >= 4 is 17.5 Å². The van der Waals surface area contributed by atoms with Crippen LogP contribution in [0.15, 0.2) is 72.8 Å². The van der Waals surface area contributed by atoms with E-state index in [1.807, 2.05) is 50.2 Å². The van der Waals surface area contributed by atoms with Gasteiger partial charge < -0.3 is 4.74 Å². The van der Waals surface area contributed by atoms with E-state index in [9.17, 15) is 9.59 Å². The highest BCUT2D eigenvalue weighted by Crippen LogP contribution is 2.51. The molecule has 0 saturated heterocycles. The third kappa shape index (κ3) is 3.36. The van der Waals surface area contributed by atoms with Crippen LogP contribution in [0.25, 0.3) is 22.3 Å². The Kier molecular flexibility index (Phi) is 5.68. The van der Waals surface area contributed by atoms with Gasteiger partial charge in [0, 0.05) is 0 Å². The maximum absolute atomic E-state index is 13.9. The lowest BCUT2D eigenvalue weighted by atomic mass is 9.72. The van der Waals surface area contributed by atoms with E-state index in [1.165, 1.54) is 21.6 Å². The van der Waals surface area contributed by atoms with Gasteiger partial charge in [0.1, 0.15) is 5.75 Å². The molecule has 184 valence electrons. The molecule has 3 aliphatic rings. The van der Waals surface area contributed by atoms with Crippen molar-refractivity contribution in [1.82, 2.24) is 0 Å². The number of amides is 2. The minimum atomic E-state index is -0.203. The number of carbonyl (C=O) groups excluding carboxylic acids is 2. The summed E-state index contributed by atoms with van der Waals surface area (Å²) in [6.45, 7) is 4.00. The SMILES string of the molecule is CC.COc1ccc2c(c1)CCc1c3c(c4c(c1-2)-c1ccccc1CC4)C(=O)N(c1ccccc1)C3=O. The molecule has 2 amide bonds. The molecule has 0 bridgehead atoms. The minimum absolute atomic E-state index is 0.199. The van der Waals surface area contributed by atoms with Gasteiger partial charge in [-0.15, -0.1) is 0 Å². The lowest BCUT2D eigenvalue weighted by Crippen LogP contribution is -2.29. The maximum Gasteiger partial charge on any atom is 0.266 e. The third-order valence-electron chi connectivity index (χ3n) is 7.71. The number of imide groups is 1. The maximum atomic E-state index is 13.9. The second-order valence-corrected chi connectivity index (χ2v) is 9.42. The smallest absolute Gasteiger partial charge is 0.266 e. The molecule has 2 aliphatic carbocycles. The molecule has 7 rings (SSSR count). The van der Waals surface area contributed by atoms with Crippen LogP contribution >= 0.6 is 0 Å². The van der Waals surface area contributed by atoms with E-state index in [1.54, 1.807) is 7.11 Å². The normalized spacial score (nSPS) is 14.5. The summed E-state index contributed by atoms with van der Waals surface area (Å²) in [7, 11) is 1.69. The summed E-state index contributed by atoms with van der Waals surface area (Å²) in [5.74, 6) is 0.436. The second-order valence-electron chi connectivity index (χ2n) is 9.42. The van der Waals surface area contributed by atoms with Crippen molar-refractivity contribution in [2.24, 2.45) is 0 Å². The van der Waals surface area contributed by atoms with Crippen molar-refractivity contribution < 1.29 is 14.3 Å². The van der Waals surface area contributed by atoms with Gasteiger partial charge in [0.05, 0.1) is 23.9 Å². The molecule has 0 spiro atoms. The molecule has 0 saturated carbocycles. The molecule has 0 atom stereocenters. The molecule has 37 heavy (non-hydrogen) atoms. The Balaban J connectivity index is 0.00000123. The molecule has 0 unspecified atom stereocenters. The first-order valence-corrected chi connectivity index (χ1v) is 13.1. The number of hydrogen-bond acceptors (Lipinski definition) is 3. The summed E-state index contributed by atoms with van der Waals surface area (Å²) in [4.78, 5) is 29.2. The van der Waals surface area contributed by atoms with Gasteiger partial charge in [-0.25, -0.2) is 4.90 Å². The highest BCUT2D eigenvalue weighted by molar-refractivity contribution is 6.36. The molecule has 4 aromatic rings. The van der Waals surface area contributed by atoms with E-state index >= 15 is 0 Å². The van der Waals surface area contributed by atoms with Crippen molar-refractivity contribution in [2.45, 2.75) is 39.5 Å². The summed E-state index contributed by atoms with van der Waals surface area (Å²) < 4.78 is 5.50. The Bertz CT molecular complexity index is 1570. The minimum Gasteiger partial charge on any atom is -0.497 e. The molecule has 0 fully saturated rings. The van der Waals surface area contributed by atoms with E-state index in [2.05, 4.69) is 36.4 Å². The molecule has 1 aliphatic heterocycles. The molecular weight excluding hydrogens is 458 g/mol. The predicted molar refractivity (Wildman–Crippen MR) is 148 cm³/mol. The van der Waals surface area contributed by atoms with Crippen LogP contribution in [0.3, 0.4) is 0 Å². The number of benzene rings is 4. The quantitative estimate of drug-likeness (QED) is 0.285. The van der Waals surface area contributed by atoms with Crippen molar-refractivity contribution in [1.29, 1.82) is 0 Å². The van der Waals surface area contributed by atoms with Crippen LogP contribution in [0.4, 0.5) is 5.69 Å². The largest absolute Gasteiger partial charge is 0.497 e. The summed E-state index contributed by atoms with van der Waals surface area (Å²) in [6, 6.07) is 24.0. The van der Waals surface area contributed by atoms with Crippen molar-refractivity contribution in [3.05, 3.63) is 106 Å². The Morgan fingerprint density at radius 1 is 0.622 bits per heavy atom. The number of hydrogen-bond donors (Lipinski definition) is 0. The van der Waals surface area contributed by atoms with Gasteiger partial charge in [-0.3, -0.25) is 9.59 Å². The molecule has 0 radical (unpaired) electrons. The van der Waals surface area contributed by atoms with Crippen LogP contribution in [-0.4, -0.2) is 18.9 Å². The fourth-order valence-corrected chi connectivity index (χ4v) is 6.20.